The lowest BCUT2D eigenvalue weighted by Gasteiger charge is -2.22. The number of rotatable bonds is 2. The lowest BCUT2D eigenvalue weighted by atomic mass is 10.1. The van der Waals surface area contributed by atoms with E-state index in [0.29, 0.717) is 16.8 Å². The molecule has 0 atom stereocenters. The van der Waals surface area contributed by atoms with Gasteiger partial charge in [-0.3, -0.25) is 9.36 Å². The summed E-state index contributed by atoms with van der Waals surface area (Å²) >= 11 is 0. The zero-order valence-corrected chi connectivity index (χ0v) is 14.0. The third kappa shape index (κ3) is 2.85. The van der Waals surface area contributed by atoms with E-state index in [2.05, 4.69) is 4.90 Å². The Labute approximate surface area is 148 Å². The average molecular weight is 358 g/mol. The molecule has 0 radical (unpaired) electrons. The van der Waals surface area contributed by atoms with Gasteiger partial charge >= 0.3 is 6.18 Å². The number of hydrogen-bond donors (Lipinski definition) is 0. The van der Waals surface area contributed by atoms with Crippen LogP contribution in [0.4, 0.5) is 18.9 Å². The molecule has 0 N–H and O–H groups in total. The van der Waals surface area contributed by atoms with Crippen LogP contribution in [0.1, 0.15) is 18.4 Å². The van der Waals surface area contributed by atoms with E-state index >= 15 is 0 Å². The summed E-state index contributed by atoms with van der Waals surface area (Å²) in [5.41, 5.74) is 0.455. The highest BCUT2D eigenvalue weighted by Gasteiger charge is 2.31. The van der Waals surface area contributed by atoms with Gasteiger partial charge in [-0.2, -0.15) is 13.2 Å². The molecular weight excluding hydrogens is 341 g/mol. The van der Waals surface area contributed by atoms with Crippen molar-refractivity contribution < 1.29 is 13.2 Å². The lowest BCUT2D eigenvalue weighted by molar-refractivity contribution is -0.137. The van der Waals surface area contributed by atoms with Crippen LogP contribution in [0.25, 0.3) is 16.6 Å². The molecule has 0 bridgehead atoms. The molecule has 2 heterocycles. The predicted molar refractivity (Wildman–Crippen MR) is 96.0 cm³/mol. The molecule has 3 nitrogen and oxygen atoms in total. The average Bonchev–Trinajstić information content (AvgIpc) is 3.15. The van der Waals surface area contributed by atoms with Gasteiger partial charge < -0.3 is 4.90 Å². The first-order chi connectivity index (χ1) is 12.4. The van der Waals surface area contributed by atoms with Crippen LogP contribution in [0.3, 0.4) is 0 Å². The van der Waals surface area contributed by atoms with Crippen molar-refractivity contribution in [1.82, 2.24) is 4.57 Å². The SMILES string of the molecule is O=c1cc(N2CCCC2)c2ccc(C(F)(F)F)cc2n1-c1ccccc1. The summed E-state index contributed by atoms with van der Waals surface area (Å²) in [6.07, 6.45) is -2.43. The quantitative estimate of drug-likeness (QED) is 0.668. The second kappa shape index (κ2) is 6.20. The van der Waals surface area contributed by atoms with E-state index in [1.807, 2.05) is 0 Å². The summed E-state index contributed by atoms with van der Waals surface area (Å²) in [6.45, 7) is 1.62. The molecule has 134 valence electrons. The largest absolute Gasteiger partial charge is 0.416 e. The minimum Gasteiger partial charge on any atom is -0.371 e. The molecule has 1 aromatic heterocycles. The highest BCUT2D eigenvalue weighted by molar-refractivity contribution is 5.93. The fourth-order valence-corrected chi connectivity index (χ4v) is 3.55. The van der Waals surface area contributed by atoms with Crippen molar-refractivity contribution in [3.8, 4) is 5.69 Å². The minimum absolute atomic E-state index is 0.278. The first kappa shape index (κ1) is 16.7. The fraction of sp³-hybridized carbons (Fsp3) is 0.250. The number of fused-ring (bicyclic) bond motifs is 1. The molecule has 1 aliphatic rings. The summed E-state index contributed by atoms with van der Waals surface area (Å²) in [7, 11) is 0. The monoisotopic (exact) mass is 358 g/mol. The van der Waals surface area contributed by atoms with Gasteiger partial charge in [0.25, 0.3) is 5.56 Å². The van der Waals surface area contributed by atoms with Gasteiger partial charge in [-0.05, 0) is 37.1 Å². The van der Waals surface area contributed by atoms with Gasteiger partial charge in [-0.15, -0.1) is 0 Å². The number of pyridine rings is 1. The number of hydrogen-bond acceptors (Lipinski definition) is 2. The van der Waals surface area contributed by atoms with Gasteiger partial charge in [0.05, 0.1) is 16.8 Å². The Morgan fingerprint density at radius 1 is 0.885 bits per heavy atom. The van der Waals surface area contributed by atoms with Crippen molar-refractivity contribution in [2.24, 2.45) is 0 Å². The molecule has 0 aliphatic carbocycles. The summed E-state index contributed by atoms with van der Waals surface area (Å²) in [5, 5.41) is 0.656. The topological polar surface area (TPSA) is 25.2 Å². The van der Waals surface area contributed by atoms with Crippen molar-refractivity contribution >= 4 is 16.6 Å². The molecule has 1 aliphatic heterocycles. The Morgan fingerprint density at radius 2 is 1.58 bits per heavy atom. The molecule has 1 saturated heterocycles. The number of nitrogens with zero attached hydrogens (tertiary/aromatic N) is 2. The van der Waals surface area contributed by atoms with Crippen LogP contribution in [0.5, 0.6) is 0 Å². The maximum absolute atomic E-state index is 13.3. The smallest absolute Gasteiger partial charge is 0.371 e. The number of aromatic nitrogens is 1. The number of anilines is 1. The third-order valence-corrected chi connectivity index (χ3v) is 4.78. The van der Waals surface area contributed by atoms with E-state index in [-0.39, 0.29) is 11.1 Å². The van der Waals surface area contributed by atoms with Crippen molar-refractivity contribution in [3.05, 3.63) is 70.5 Å². The molecule has 4 rings (SSSR count). The maximum atomic E-state index is 13.3. The van der Waals surface area contributed by atoms with E-state index in [4.69, 9.17) is 0 Å². The number of alkyl halides is 3. The highest BCUT2D eigenvalue weighted by atomic mass is 19.4. The fourth-order valence-electron chi connectivity index (χ4n) is 3.55. The van der Waals surface area contributed by atoms with Crippen molar-refractivity contribution in [2.45, 2.75) is 19.0 Å². The molecule has 1 fully saturated rings. The van der Waals surface area contributed by atoms with E-state index < -0.39 is 11.7 Å². The van der Waals surface area contributed by atoms with Crippen molar-refractivity contribution in [1.29, 1.82) is 0 Å². The number of benzene rings is 2. The third-order valence-electron chi connectivity index (χ3n) is 4.78. The Balaban J connectivity index is 2.05. The van der Waals surface area contributed by atoms with Crippen LogP contribution >= 0.6 is 0 Å². The second-order valence-corrected chi connectivity index (χ2v) is 6.46. The van der Waals surface area contributed by atoms with Gasteiger partial charge in [0.2, 0.25) is 0 Å². The minimum atomic E-state index is -4.46. The van der Waals surface area contributed by atoms with Crippen LogP contribution in [0.15, 0.2) is 59.4 Å². The molecule has 6 heteroatoms. The molecule has 0 saturated carbocycles. The van der Waals surface area contributed by atoms with Crippen LogP contribution in [0, 0.1) is 0 Å². The van der Waals surface area contributed by atoms with E-state index in [9.17, 15) is 18.0 Å². The Hall–Kier alpha value is -2.76. The molecule has 0 amide bonds. The first-order valence-corrected chi connectivity index (χ1v) is 8.52. The Bertz CT molecular complexity index is 1000. The highest BCUT2D eigenvalue weighted by Crippen LogP contribution is 2.35. The van der Waals surface area contributed by atoms with Gasteiger partial charge in [0, 0.05) is 30.2 Å². The van der Waals surface area contributed by atoms with Crippen LogP contribution < -0.4 is 10.5 Å². The Kier molecular flexibility index (Phi) is 3.98. The second-order valence-electron chi connectivity index (χ2n) is 6.46. The number of halogens is 3. The van der Waals surface area contributed by atoms with Gasteiger partial charge in [-0.25, -0.2) is 0 Å². The van der Waals surface area contributed by atoms with E-state index in [1.165, 1.54) is 16.7 Å². The van der Waals surface area contributed by atoms with Gasteiger partial charge in [-0.1, -0.05) is 24.3 Å². The van der Waals surface area contributed by atoms with Crippen molar-refractivity contribution in [2.75, 3.05) is 18.0 Å². The summed E-state index contributed by atoms with van der Waals surface area (Å²) in [6, 6.07) is 13.9. The molecule has 0 spiro atoms. The van der Waals surface area contributed by atoms with Crippen molar-refractivity contribution in [3.63, 3.8) is 0 Å². The van der Waals surface area contributed by atoms with E-state index in [0.717, 1.165) is 38.1 Å². The summed E-state index contributed by atoms with van der Waals surface area (Å²) in [5.74, 6) is 0. The van der Waals surface area contributed by atoms with E-state index in [1.54, 1.807) is 30.3 Å². The zero-order chi connectivity index (χ0) is 18.3. The first-order valence-electron chi connectivity index (χ1n) is 8.52. The molecule has 3 aromatic rings. The standard InChI is InChI=1S/C20H17F3N2O/c21-20(22,23)14-8-9-16-17(24-10-4-5-11-24)13-19(26)25(18(16)12-14)15-6-2-1-3-7-15/h1-3,6-9,12-13H,4-5,10-11H2. The lowest BCUT2D eigenvalue weighted by Crippen LogP contribution is -2.24. The molecule has 26 heavy (non-hydrogen) atoms. The zero-order valence-electron chi connectivity index (χ0n) is 14.0. The summed E-state index contributed by atoms with van der Waals surface area (Å²) in [4.78, 5) is 14.9. The van der Waals surface area contributed by atoms with Gasteiger partial charge in [0.15, 0.2) is 0 Å². The maximum Gasteiger partial charge on any atom is 0.416 e. The Morgan fingerprint density at radius 3 is 2.23 bits per heavy atom. The van der Waals surface area contributed by atoms with Crippen LogP contribution in [-0.4, -0.2) is 17.7 Å². The van der Waals surface area contributed by atoms with Gasteiger partial charge in [0.1, 0.15) is 0 Å². The normalized spacial score (nSPS) is 15.0. The molecule has 0 unspecified atom stereocenters. The van der Waals surface area contributed by atoms with Crippen LogP contribution in [-0.2, 0) is 6.18 Å². The number of para-hydroxylation sites is 1. The summed E-state index contributed by atoms with van der Waals surface area (Å²) < 4.78 is 41.1. The van der Waals surface area contributed by atoms with Crippen LogP contribution in [0.2, 0.25) is 0 Å². The molecule has 2 aromatic carbocycles. The molecular formula is C20H17F3N2O. The predicted octanol–water partition coefficient (Wildman–Crippen LogP) is 4.61.